The topological polar surface area (TPSA) is 53.1 Å². The molecule has 0 N–H and O–H groups in total. The first-order valence-corrected chi connectivity index (χ1v) is 7.44. The summed E-state index contributed by atoms with van der Waals surface area (Å²) in [6.07, 6.45) is -0.0364. The van der Waals surface area contributed by atoms with E-state index in [1.165, 1.54) is 4.58 Å². The highest BCUT2D eigenvalue weighted by Gasteiger charge is 2.39. The second-order valence-electron chi connectivity index (χ2n) is 5.65. The van der Waals surface area contributed by atoms with Crippen molar-refractivity contribution in [3.05, 3.63) is 29.3 Å². The lowest BCUT2D eigenvalue weighted by atomic mass is 10.1. The van der Waals surface area contributed by atoms with Crippen molar-refractivity contribution in [1.29, 1.82) is 5.26 Å². The van der Waals surface area contributed by atoms with Gasteiger partial charge in [-0.25, -0.2) is 0 Å². The SMILES string of the molecule is CC(C)(C)OC(=O)[N+]1=C(C#N)Cc2cc(CBr)ccc21. The van der Waals surface area contributed by atoms with Crippen molar-refractivity contribution in [1.82, 2.24) is 0 Å². The largest absolute Gasteiger partial charge is 0.603 e. The average molecular weight is 336 g/mol. The van der Waals surface area contributed by atoms with Gasteiger partial charge in [0.1, 0.15) is 5.60 Å². The average Bonchev–Trinajstić information content (AvgIpc) is 2.73. The molecule has 2 rings (SSSR count). The lowest BCUT2D eigenvalue weighted by Gasteiger charge is -2.16. The van der Waals surface area contributed by atoms with Crippen LogP contribution in [0.2, 0.25) is 0 Å². The smallest absolute Gasteiger partial charge is 0.406 e. The maximum atomic E-state index is 12.3. The van der Waals surface area contributed by atoms with E-state index < -0.39 is 11.7 Å². The number of hydrogen-bond donors (Lipinski definition) is 0. The number of nitriles is 1. The highest BCUT2D eigenvalue weighted by atomic mass is 79.9. The molecule has 0 unspecified atom stereocenters. The van der Waals surface area contributed by atoms with Crippen molar-refractivity contribution in [3.63, 3.8) is 0 Å². The first kappa shape index (κ1) is 14.7. The number of carbonyl (C=O) groups is 1. The van der Waals surface area contributed by atoms with E-state index in [0.29, 0.717) is 12.1 Å². The summed E-state index contributed by atoms with van der Waals surface area (Å²) in [6, 6.07) is 7.90. The number of benzene rings is 1. The van der Waals surface area contributed by atoms with E-state index in [-0.39, 0.29) is 0 Å². The predicted octanol–water partition coefficient (Wildman–Crippen LogP) is 3.68. The first-order valence-electron chi connectivity index (χ1n) is 6.32. The van der Waals surface area contributed by atoms with Crippen LogP contribution < -0.4 is 0 Å². The van der Waals surface area contributed by atoms with E-state index in [0.717, 1.165) is 22.1 Å². The molecule has 0 aliphatic carbocycles. The summed E-state index contributed by atoms with van der Waals surface area (Å²) >= 11 is 3.40. The zero-order valence-electron chi connectivity index (χ0n) is 11.7. The number of nitrogens with zero attached hydrogens (tertiary/aromatic N) is 2. The van der Waals surface area contributed by atoms with Gasteiger partial charge in [-0.15, -0.1) is 0 Å². The molecule has 0 spiro atoms. The van der Waals surface area contributed by atoms with Crippen LogP contribution in [-0.2, 0) is 16.5 Å². The normalized spacial score (nSPS) is 13.9. The Hall–Kier alpha value is -1.67. The van der Waals surface area contributed by atoms with Crippen LogP contribution >= 0.6 is 15.9 Å². The lowest BCUT2D eigenvalue weighted by Crippen LogP contribution is -2.30. The Balaban J connectivity index is 2.42. The van der Waals surface area contributed by atoms with Crippen LogP contribution in [0.5, 0.6) is 0 Å². The number of carbonyl (C=O) groups excluding carboxylic acids is 1. The van der Waals surface area contributed by atoms with Crippen LogP contribution in [-0.4, -0.2) is 22.0 Å². The van der Waals surface area contributed by atoms with Gasteiger partial charge in [-0.05, 0) is 32.4 Å². The number of hydrogen-bond acceptors (Lipinski definition) is 3. The molecule has 20 heavy (non-hydrogen) atoms. The molecule has 0 radical (unpaired) electrons. The second kappa shape index (κ2) is 5.37. The van der Waals surface area contributed by atoms with Gasteiger partial charge >= 0.3 is 6.09 Å². The van der Waals surface area contributed by atoms with E-state index >= 15 is 0 Å². The standard InChI is InChI=1S/C15H16BrN2O2/c1-15(2,3)20-14(19)18-12(9-17)7-11-6-10(8-16)4-5-13(11)18/h4-6H,7-8H2,1-3H3/q+1. The Morgan fingerprint density at radius 1 is 1.50 bits per heavy atom. The molecule has 1 amide bonds. The maximum absolute atomic E-state index is 12.3. The van der Waals surface area contributed by atoms with Gasteiger partial charge in [0.2, 0.25) is 5.69 Å². The van der Waals surface area contributed by atoms with Gasteiger partial charge in [-0.2, -0.15) is 10.1 Å². The van der Waals surface area contributed by atoms with E-state index in [9.17, 15) is 10.1 Å². The van der Waals surface area contributed by atoms with Crippen LogP contribution in [0.3, 0.4) is 0 Å². The summed E-state index contributed by atoms with van der Waals surface area (Å²) < 4.78 is 6.75. The number of alkyl halides is 1. The Morgan fingerprint density at radius 3 is 2.75 bits per heavy atom. The second-order valence-corrected chi connectivity index (χ2v) is 6.21. The zero-order valence-corrected chi connectivity index (χ0v) is 13.3. The fraction of sp³-hybridized carbons (Fsp3) is 0.400. The summed E-state index contributed by atoms with van der Waals surface area (Å²) in [5, 5.41) is 9.98. The Morgan fingerprint density at radius 2 is 2.20 bits per heavy atom. The fourth-order valence-corrected chi connectivity index (χ4v) is 2.44. The van der Waals surface area contributed by atoms with Crippen molar-refractivity contribution in [3.8, 4) is 6.07 Å². The summed E-state index contributed by atoms with van der Waals surface area (Å²) in [4.78, 5) is 12.3. The van der Waals surface area contributed by atoms with E-state index in [4.69, 9.17) is 4.74 Å². The van der Waals surface area contributed by atoms with Crippen LogP contribution in [0.4, 0.5) is 10.5 Å². The highest BCUT2D eigenvalue weighted by molar-refractivity contribution is 9.08. The van der Waals surface area contributed by atoms with Gasteiger partial charge in [-0.1, -0.05) is 26.6 Å². The summed E-state index contributed by atoms with van der Waals surface area (Å²) in [5.41, 5.74) is 2.65. The molecular formula is C15H16BrN2O2+. The van der Waals surface area contributed by atoms with Crippen LogP contribution in [0.15, 0.2) is 18.2 Å². The molecule has 1 aliphatic heterocycles. The molecule has 1 heterocycles. The van der Waals surface area contributed by atoms with E-state index in [1.807, 2.05) is 39.0 Å². The summed E-state index contributed by atoms with van der Waals surface area (Å²) in [7, 11) is 0. The Bertz CT molecular complexity index is 636. The number of rotatable bonds is 1. The third-order valence-electron chi connectivity index (χ3n) is 2.87. The van der Waals surface area contributed by atoms with Gasteiger partial charge in [0.05, 0.1) is 6.42 Å². The highest BCUT2D eigenvalue weighted by Crippen LogP contribution is 2.29. The lowest BCUT2D eigenvalue weighted by molar-refractivity contribution is -0.359. The quantitative estimate of drug-likeness (QED) is 0.581. The van der Waals surface area contributed by atoms with E-state index in [2.05, 4.69) is 22.0 Å². The monoisotopic (exact) mass is 335 g/mol. The number of ether oxygens (including phenoxy) is 1. The van der Waals surface area contributed by atoms with Crippen molar-refractivity contribution in [2.75, 3.05) is 0 Å². The first-order chi connectivity index (χ1) is 9.35. The van der Waals surface area contributed by atoms with Gasteiger partial charge in [0.15, 0.2) is 6.07 Å². The number of amides is 1. The molecular weight excluding hydrogens is 320 g/mol. The zero-order chi connectivity index (χ0) is 14.9. The Kier molecular flexibility index (Phi) is 3.96. The summed E-state index contributed by atoms with van der Waals surface area (Å²) in [6.45, 7) is 5.42. The molecule has 0 saturated heterocycles. The molecule has 0 saturated carbocycles. The van der Waals surface area contributed by atoms with Gasteiger partial charge in [0.25, 0.3) is 5.71 Å². The molecule has 0 fully saturated rings. The Labute approximate surface area is 126 Å². The minimum atomic E-state index is -0.587. The molecule has 104 valence electrons. The fourth-order valence-electron chi connectivity index (χ4n) is 2.09. The van der Waals surface area contributed by atoms with Gasteiger partial charge in [-0.3, -0.25) is 0 Å². The van der Waals surface area contributed by atoms with Crippen LogP contribution in [0, 0.1) is 11.3 Å². The molecule has 0 bridgehead atoms. The molecule has 0 atom stereocenters. The van der Waals surface area contributed by atoms with Crippen LogP contribution in [0.25, 0.3) is 0 Å². The third-order valence-corrected chi connectivity index (χ3v) is 3.52. The number of halogens is 1. The molecule has 0 aromatic heterocycles. The minimum Gasteiger partial charge on any atom is -0.406 e. The van der Waals surface area contributed by atoms with E-state index in [1.54, 1.807) is 0 Å². The van der Waals surface area contributed by atoms with Gasteiger partial charge in [0, 0.05) is 17.0 Å². The molecule has 5 heteroatoms. The predicted molar refractivity (Wildman–Crippen MR) is 79.6 cm³/mol. The number of fused-ring (bicyclic) bond motifs is 1. The molecule has 4 nitrogen and oxygen atoms in total. The van der Waals surface area contributed by atoms with Crippen molar-refractivity contribution >= 4 is 33.4 Å². The third kappa shape index (κ3) is 2.91. The van der Waals surface area contributed by atoms with Crippen LogP contribution in [0.1, 0.15) is 31.9 Å². The van der Waals surface area contributed by atoms with Crippen molar-refractivity contribution < 1.29 is 14.1 Å². The van der Waals surface area contributed by atoms with Crippen molar-refractivity contribution in [2.45, 2.75) is 38.1 Å². The van der Waals surface area contributed by atoms with Gasteiger partial charge < -0.3 is 4.74 Å². The minimum absolute atomic E-state index is 0.404. The molecule has 1 aliphatic rings. The summed E-state index contributed by atoms with van der Waals surface area (Å²) in [5.74, 6) is 0. The maximum Gasteiger partial charge on any atom is 0.603 e. The molecule has 1 aromatic carbocycles. The van der Waals surface area contributed by atoms with Crippen molar-refractivity contribution in [2.24, 2.45) is 0 Å². The molecule has 1 aromatic rings.